The van der Waals surface area contributed by atoms with Gasteiger partial charge in [-0.3, -0.25) is 9.69 Å². The third kappa shape index (κ3) is 5.88. The van der Waals surface area contributed by atoms with Crippen LogP contribution in [0, 0.1) is 11.3 Å². The van der Waals surface area contributed by atoms with Crippen LogP contribution in [0.4, 0.5) is 0 Å². The molecule has 0 bridgehead atoms. The van der Waals surface area contributed by atoms with Crippen LogP contribution in [-0.2, 0) is 4.79 Å². The predicted molar refractivity (Wildman–Crippen MR) is 91.9 cm³/mol. The van der Waals surface area contributed by atoms with E-state index in [2.05, 4.69) is 42.4 Å². The molecule has 2 fully saturated rings. The molecule has 0 saturated carbocycles. The Morgan fingerprint density at radius 1 is 0.955 bits per heavy atom. The van der Waals surface area contributed by atoms with Crippen molar-refractivity contribution in [2.75, 3.05) is 52.4 Å². The number of nitrogens with zero attached hydrogens (tertiary/aromatic N) is 3. The normalized spacial score (nSPS) is 23.0. The molecule has 2 saturated heterocycles. The van der Waals surface area contributed by atoms with Crippen molar-refractivity contribution < 1.29 is 4.79 Å². The van der Waals surface area contributed by atoms with Gasteiger partial charge < -0.3 is 9.80 Å². The average Bonchev–Trinajstić information content (AvgIpc) is 2.46. The van der Waals surface area contributed by atoms with Gasteiger partial charge in [-0.1, -0.05) is 27.7 Å². The van der Waals surface area contributed by atoms with E-state index in [4.69, 9.17) is 0 Å². The van der Waals surface area contributed by atoms with Crippen LogP contribution in [-0.4, -0.2) is 73.0 Å². The zero-order valence-electron chi connectivity index (χ0n) is 15.1. The minimum atomic E-state index is 0.343. The second kappa shape index (κ2) is 7.78. The molecule has 0 atom stereocenters. The first-order chi connectivity index (χ1) is 10.3. The van der Waals surface area contributed by atoms with Gasteiger partial charge in [0.15, 0.2) is 0 Å². The van der Waals surface area contributed by atoms with Crippen molar-refractivity contribution in [2.45, 2.75) is 47.0 Å². The van der Waals surface area contributed by atoms with Gasteiger partial charge in [0.1, 0.15) is 0 Å². The molecular formula is C18H35N3O. The quantitative estimate of drug-likeness (QED) is 0.797. The smallest absolute Gasteiger partial charge is 0.236 e. The minimum absolute atomic E-state index is 0.343. The Morgan fingerprint density at radius 2 is 1.50 bits per heavy atom. The summed E-state index contributed by atoms with van der Waals surface area (Å²) in [6, 6.07) is 0. The molecule has 4 heteroatoms. The third-order valence-corrected chi connectivity index (χ3v) is 5.14. The van der Waals surface area contributed by atoms with Gasteiger partial charge in [0.05, 0.1) is 6.54 Å². The van der Waals surface area contributed by atoms with E-state index in [9.17, 15) is 4.79 Å². The van der Waals surface area contributed by atoms with Crippen molar-refractivity contribution in [2.24, 2.45) is 11.3 Å². The summed E-state index contributed by atoms with van der Waals surface area (Å²) in [5.41, 5.74) is 0.415. The van der Waals surface area contributed by atoms with Crippen molar-refractivity contribution in [3.8, 4) is 0 Å². The van der Waals surface area contributed by atoms with E-state index < -0.39 is 0 Å². The van der Waals surface area contributed by atoms with Gasteiger partial charge in [-0.2, -0.15) is 0 Å². The number of hydrogen-bond acceptors (Lipinski definition) is 3. The highest BCUT2D eigenvalue weighted by Gasteiger charge is 2.24. The second-order valence-corrected chi connectivity index (χ2v) is 8.49. The van der Waals surface area contributed by atoms with Crippen LogP contribution >= 0.6 is 0 Å². The number of likely N-dealkylation sites (tertiary alicyclic amines) is 1. The minimum Gasteiger partial charge on any atom is -0.342 e. The van der Waals surface area contributed by atoms with E-state index in [1.807, 2.05) is 0 Å². The molecule has 0 unspecified atom stereocenters. The lowest BCUT2D eigenvalue weighted by molar-refractivity contribution is -0.134. The van der Waals surface area contributed by atoms with Crippen LogP contribution in [0.25, 0.3) is 0 Å². The summed E-state index contributed by atoms with van der Waals surface area (Å²) in [7, 11) is 0. The van der Waals surface area contributed by atoms with Crippen LogP contribution < -0.4 is 0 Å². The molecule has 1 amide bonds. The maximum absolute atomic E-state index is 12.4. The second-order valence-electron chi connectivity index (χ2n) is 8.49. The van der Waals surface area contributed by atoms with Crippen molar-refractivity contribution in [3.05, 3.63) is 0 Å². The van der Waals surface area contributed by atoms with E-state index in [0.29, 0.717) is 17.9 Å². The van der Waals surface area contributed by atoms with Crippen molar-refractivity contribution in [1.29, 1.82) is 0 Å². The van der Waals surface area contributed by atoms with Crippen molar-refractivity contribution in [3.63, 3.8) is 0 Å². The van der Waals surface area contributed by atoms with Crippen LogP contribution in [0.15, 0.2) is 0 Å². The number of hydrogen-bond donors (Lipinski definition) is 0. The Bertz CT molecular complexity index is 348. The summed E-state index contributed by atoms with van der Waals surface area (Å²) in [5.74, 6) is 1.13. The summed E-state index contributed by atoms with van der Waals surface area (Å²) in [4.78, 5) is 19.3. The van der Waals surface area contributed by atoms with Crippen LogP contribution in [0.3, 0.4) is 0 Å². The highest BCUT2D eigenvalue weighted by Crippen LogP contribution is 2.19. The van der Waals surface area contributed by atoms with Gasteiger partial charge in [-0.05, 0) is 37.1 Å². The SMILES string of the molecule is CC1CCN(C(=O)CN2CCN(CCC(C)(C)C)CC2)CC1. The third-order valence-electron chi connectivity index (χ3n) is 5.14. The largest absolute Gasteiger partial charge is 0.342 e. The van der Waals surface area contributed by atoms with Crippen LogP contribution in [0.5, 0.6) is 0 Å². The number of piperazine rings is 1. The first kappa shape index (κ1) is 17.7. The fraction of sp³-hybridized carbons (Fsp3) is 0.944. The highest BCUT2D eigenvalue weighted by atomic mass is 16.2. The zero-order valence-corrected chi connectivity index (χ0v) is 15.1. The molecule has 0 aromatic carbocycles. The Labute approximate surface area is 136 Å². The van der Waals surface area contributed by atoms with Crippen molar-refractivity contribution in [1.82, 2.24) is 14.7 Å². The molecule has 128 valence electrons. The van der Waals surface area contributed by atoms with Gasteiger partial charge >= 0.3 is 0 Å². The standard InChI is InChI=1S/C18H35N3O/c1-16-5-8-21(9-6-16)17(22)15-20-13-11-19(12-14-20)10-7-18(2,3)4/h16H,5-15H2,1-4H3. The molecule has 2 aliphatic rings. The Balaban J connectivity index is 1.65. The van der Waals surface area contributed by atoms with E-state index in [1.54, 1.807) is 0 Å². The first-order valence-corrected chi connectivity index (χ1v) is 9.06. The van der Waals surface area contributed by atoms with Gasteiger partial charge in [-0.15, -0.1) is 0 Å². The Morgan fingerprint density at radius 3 is 2.05 bits per heavy atom. The molecule has 2 rings (SSSR count). The number of carbonyl (C=O) groups is 1. The summed E-state index contributed by atoms with van der Waals surface area (Å²) >= 11 is 0. The molecule has 22 heavy (non-hydrogen) atoms. The van der Waals surface area contributed by atoms with Gasteiger partial charge in [0.2, 0.25) is 5.91 Å². The maximum Gasteiger partial charge on any atom is 0.236 e. The number of rotatable bonds is 4. The van der Waals surface area contributed by atoms with E-state index >= 15 is 0 Å². The first-order valence-electron chi connectivity index (χ1n) is 9.06. The number of piperidine rings is 1. The van der Waals surface area contributed by atoms with E-state index in [-0.39, 0.29) is 0 Å². The van der Waals surface area contributed by atoms with Crippen LogP contribution in [0.2, 0.25) is 0 Å². The number of amides is 1. The molecule has 0 aromatic heterocycles. The van der Waals surface area contributed by atoms with Crippen molar-refractivity contribution >= 4 is 5.91 Å². The van der Waals surface area contributed by atoms with Gasteiger partial charge in [0, 0.05) is 39.3 Å². The fourth-order valence-corrected chi connectivity index (χ4v) is 3.21. The Hall–Kier alpha value is -0.610. The lowest BCUT2D eigenvalue weighted by Gasteiger charge is -2.37. The maximum atomic E-state index is 12.4. The molecule has 0 N–H and O–H groups in total. The lowest BCUT2D eigenvalue weighted by Crippen LogP contribution is -2.51. The molecule has 0 radical (unpaired) electrons. The highest BCUT2D eigenvalue weighted by molar-refractivity contribution is 5.78. The molecular weight excluding hydrogens is 274 g/mol. The van der Waals surface area contributed by atoms with Gasteiger partial charge in [-0.25, -0.2) is 0 Å². The molecule has 0 aromatic rings. The summed E-state index contributed by atoms with van der Waals surface area (Å²) in [6.07, 6.45) is 3.59. The van der Waals surface area contributed by atoms with Gasteiger partial charge in [0.25, 0.3) is 0 Å². The number of carbonyl (C=O) groups excluding carboxylic acids is 1. The topological polar surface area (TPSA) is 26.8 Å². The molecule has 2 heterocycles. The molecule has 0 aliphatic carbocycles. The Kier molecular flexibility index (Phi) is 6.27. The summed E-state index contributed by atoms with van der Waals surface area (Å²) in [5, 5.41) is 0. The zero-order chi connectivity index (χ0) is 16.2. The molecule has 2 aliphatic heterocycles. The lowest BCUT2D eigenvalue weighted by atomic mass is 9.92. The van der Waals surface area contributed by atoms with E-state index in [1.165, 1.54) is 25.8 Å². The predicted octanol–water partition coefficient (Wildman–Crippen LogP) is 2.30. The molecule has 0 spiro atoms. The molecule has 4 nitrogen and oxygen atoms in total. The van der Waals surface area contributed by atoms with E-state index in [0.717, 1.165) is 45.2 Å². The summed E-state index contributed by atoms with van der Waals surface area (Å²) in [6.45, 7) is 17.3. The average molecular weight is 309 g/mol. The van der Waals surface area contributed by atoms with Crippen LogP contribution in [0.1, 0.15) is 47.0 Å². The summed E-state index contributed by atoms with van der Waals surface area (Å²) < 4.78 is 0. The fourth-order valence-electron chi connectivity index (χ4n) is 3.21. The monoisotopic (exact) mass is 309 g/mol.